The lowest BCUT2D eigenvalue weighted by Crippen LogP contribution is -2.19. The summed E-state index contributed by atoms with van der Waals surface area (Å²) in [5.74, 6) is 0.895. The molecular weight excluding hydrogens is 190 g/mol. The van der Waals surface area contributed by atoms with E-state index in [1.54, 1.807) is 7.11 Å². The number of carbonyl (C=O) groups is 1. The third kappa shape index (κ3) is 3.27. The first-order valence-electron chi connectivity index (χ1n) is 5.12. The zero-order valence-corrected chi connectivity index (χ0v) is 9.41. The van der Waals surface area contributed by atoms with E-state index in [1.807, 2.05) is 38.1 Å². The number of ether oxygens (including phenoxy) is 1. The average molecular weight is 207 g/mol. The lowest BCUT2D eigenvalue weighted by Gasteiger charge is -2.10. The maximum absolute atomic E-state index is 11.6. The highest BCUT2D eigenvalue weighted by Crippen LogP contribution is 2.16. The summed E-state index contributed by atoms with van der Waals surface area (Å²) in [4.78, 5) is 11.6. The van der Waals surface area contributed by atoms with Gasteiger partial charge in [0.1, 0.15) is 5.75 Å². The summed E-state index contributed by atoms with van der Waals surface area (Å²) >= 11 is 0. The molecule has 0 aromatic heterocycles. The van der Waals surface area contributed by atoms with Crippen LogP contribution in [0.25, 0.3) is 0 Å². The molecule has 1 unspecified atom stereocenters. The molecule has 1 rings (SSSR count). The van der Waals surface area contributed by atoms with Crippen LogP contribution in [0.2, 0.25) is 0 Å². The van der Waals surface area contributed by atoms with E-state index >= 15 is 0 Å². The molecule has 0 aliphatic carbocycles. The number of methoxy groups -OCH3 is 1. The van der Waals surface area contributed by atoms with Gasteiger partial charge in [0.15, 0.2) is 0 Å². The molecule has 3 nitrogen and oxygen atoms in total. The van der Waals surface area contributed by atoms with Crippen LogP contribution in [0.3, 0.4) is 0 Å². The van der Waals surface area contributed by atoms with E-state index in [1.165, 1.54) is 0 Å². The van der Waals surface area contributed by atoms with E-state index in [0.717, 1.165) is 17.9 Å². The molecule has 0 aliphatic heterocycles. The molecule has 0 radical (unpaired) electrons. The second-order valence-electron chi connectivity index (χ2n) is 3.53. The van der Waals surface area contributed by atoms with Crippen molar-refractivity contribution in [3.63, 3.8) is 0 Å². The van der Waals surface area contributed by atoms with E-state index in [9.17, 15) is 4.79 Å². The summed E-state index contributed by atoms with van der Waals surface area (Å²) in [6.07, 6.45) is 0.849. The fourth-order valence-corrected chi connectivity index (χ4v) is 1.13. The van der Waals surface area contributed by atoms with Crippen LogP contribution in [0, 0.1) is 5.92 Å². The summed E-state index contributed by atoms with van der Waals surface area (Å²) < 4.78 is 5.03. The van der Waals surface area contributed by atoms with Gasteiger partial charge in [-0.1, -0.05) is 13.8 Å². The first-order chi connectivity index (χ1) is 7.17. The predicted octanol–water partition coefficient (Wildman–Crippen LogP) is 2.68. The van der Waals surface area contributed by atoms with E-state index < -0.39 is 0 Å². The van der Waals surface area contributed by atoms with Gasteiger partial charge in [-0.2, -0.15) is 0 Å². The van der Waals surface area contributed by atoms with E-state index in [0.29, 0.717) is 0 Å². The summed E-state index contributed by atoms with van der Waals surface area (Å²) in [6, 6.07) is 7.32. The molecule has 0 aliphatic rings. The first kappa shape index (κ1) is 11.6. The molecule has 1 amide bonds. The lowest BCUT2D eigenvalue weighted by molar-refractivity contribution is -0.119. The lowest BCUT2D eigenvalue weighted by atomic mass is 10.1. The van der Waals surface area contributed by atoms with Crippen molar-refractivity contribution in [3.8, 4) is 5.75 Å². The van der Waals surface area contributed by atoms with Gasteiger partial charge >= 0.3 is 0 Å². The fraction of sp³-hybridized carbons (Fsp3) is 0.417. The zero-order chi connectivity index (χ0) is 11.3. The van der Waals surface area contributed by atoms with Crippen LogP contribution in [-0.2, 0) is 4.79 Å². The number of benzene rings is 1. The smallest absolute Gasteiger partial charge is 0.227 e. The van der Waals surface area contributed by atoms with Gasteiger partial charge in [0.2, 0.25) is 5.91 Å². The van der Waals surface area contributed by atoms with Gasteiger partial charge < -0.3 is 10.1 Å². The fourth-order valence-electron chi connectivity index (χ4n) is 1.13. The van der Waals surface area contributed by atoms with Gasteiger partial charge in [-0.3, -0.25) is 4.79 Å². The molecular formula is C12H17NO2. The third-order valence-corrected chi connectivity index (χ3v) is 2.42. The highest BCUT2D eigenvalue weighted by atomic mass is 16.5. The minimum absolute atomic E-state index is 0.0482. The Balaban J connectivity index is 2.61. The standard InChI is InChI=1S/C12H17NO2/c1-4-9(2)12(14)13-10-5-7-11(15-3)8-6-10/h5-9H,4H2,1-3H3,(H,13,14). The maximum Gasteiger partial charge on any atom is 0.227 e. The number of hydrogen-bond donors (Lipinski definition) is 1. The van der Waals surface area contributed by atoms with Crippen molar-refractivity contribution in [2.75, 3.05) is 12.4 Å². The van der Waals surface area contributed by atoms with Crippen molar-refractivity contribution in [2.24, 2.45) is 5.92 Å². The summed E-state index contributed by atoms with van der Waals surface area (Å²) in [6.45, 7) is 3.91. The SMILES string of the molecule is CCC(C)C(=O)Nc1ccc(OC)cc1. The van der Waals surface area contributed by atoms with Crippen LogP contribution in [0.1, 0.15) is 20.3 Å². The van der Waals surface area contributed by atoms with Crippen molar-refractivity contribution in [1.82, 2.24) is 0 Å². The Morgan fingerprint density at radius 1 is 1.40 bits per heavy atom. The van der Waals surface area contributed by atoms with Gasteiger partial charge in [0, 0.05) is 11.6 Å². The van der Waals surface area contributed by atoms with Crippen molar-refractivity contribution >= 4 is 11.6 Å². The second-order valence-corrected chi connectivity index (χ2v) is 3.53. The van der Waals surface area contributed by atoms with Crippen LogP contribution >= 0.6 is 0 Å². The zero-order valence-electron chi connectivity index (χ0n) is 9.41. The Hall–Kier alpha value is -1.51. The molecule has 0 heterocycles. The number of anilines is 1. The normalized spacial score (nSPS) is 11.9. The van der Waals surface area contributed by atoms with Crippen LogP contribution in [-0.4, -0.2) is 13.0 Å². The Kier molecular flexibility index (Phi) is 4.16. The van der Waals surface area contributed by atoms with Gasteiger partial charge in [-0.05, 0) is 30.7 Å². The van der Waals surface area contributed by atoms with Crippen molar-refractivity contribution < 1.29 is 9.53 Å². The molecule has 15 heavy (non-hydrogen) atoms. The average Bonchev–Trinajstić information content (AvgIpc) is 2.29. The Morgan fingerprint density at radius 2 is 2.00 bits per heavy atom. The molecule has 3 heteroatoms. The number of amides is 1. The van der Waals surface area contributed by atoms with Gasteiger partial charge in [0.25, 0.3) is 0 Å². The Labute approximate surface area is 90.4 Å². The molecule has 0 bridgehead atoms. The second kappa shape index (κ2) is 5.39. The molecule has 1 N–H and O–H groups in total. The predicted molar refractivity (Wildman–Crippen MR) is 61.1 cm³/mol. The van der Waals surface area contributed by atoms with Crippen LogP contribution in [0.5, 0.6) is 5.75 Å². The number of rotatable bonds is 4. The summed E-state index contributed by atoms with van der Waals surface area (Å²) in [5.41, 5.74) is 0.807. The third-order valence-electron chi connectivity index (χ3n) is 2.42. The molecule has 1 atom stereocenters. The van der Waals surface area contributed by atoms with E-state index in [4.69, 9.17) is 4.74 Å². The van der Waals surface area contributed by atoms with Gasteiger partial charge in [-0.15, -0.1) is 0 Å². The molecule has 1 aromatic rings. The van der Waals surface area contributed by atoms with Crippen LogP contribution in [0.15, 0.2) is 24.3 Å². The highest BCUT2D eigenvalue weighted by Gasteiger charge is 2.09. The molecule has 0 fully saturated rings. The quantitative estimate of drug-likeness (QED) is 0.824. The number of nitrogens with one attached hydrogen (secondary N) is 1. The van der Waals surface area contributed by atoms with Gasteiger partial charge in [-0.25, -0.2) is 0 Å². The van der Waals surface area contributed by atoms with Crippen LogP contribution < -0.4 is 10.1 Å². The maximum atomic E-state index is 11.6. The number of hydrogen-bond acceptors (Lipinski definition) is 2. The van der Waals surface area contributed by atoms with Crippen molar-refractivity contribution in [2.45, 2.75) is 20.3 Å². The molecule has 82 valence electrons. The summed E-state index contributed by atoms with van der Waals surface area (Å²) in [5, 5.41) is 2.85. The van der Waals surface area contributed by atoms with Crippen molar-refractivity contribution in [3.05, 3.63) is 24.3 Å². The van der Waals surface area contributed by atoms with E-state index in [-0.39, 0.29) is 11.8 Å². The minimum Gasteiger partial charge on any atom is -0.497 e. The summed E-state index contributed by atoms with van der Waals surface area (Å²) in [7, 11) is 1.62. The molecule has 1 aromatic carbocycles. The first-order valence-corrected chi connectivity index (χ1v) is 5.12. The highest BCUT2D eigenvalue weighted by molar-refractivity contribution is 5.92. The largest absolute Gasteiger partial charge is 0.497 e. The Morgan fingerprint density at radius 3 is 2.47 bits per heavy atom. The molecule has 0 spiro atoms. The molecule has 0 saturated carbocycles. The van der Waals surface area contributed by atoms with Crippen LogP contribution in [0.4, 0.5) is 5.69 Å². The Bertz CT molecular complexity index is 319. The molecule has 0 saturated heterocycles. The minimum atomic E-state index is 0.0482. The van der Waals surface area contributed by atoms with Crippen molar-refractivity contribution in [1.29, 1.82) is 0 Å². The topological polar surface area (TPSA) is 38.3 Å². The van der Waals surface area contributed by atoms with Gasteiger partial charge in [0.05, 0.1) is 7.11 Å². The number of carbonyl (C=O) groups excluding carboxylic acids is 1. The van der Waals surface area contributed by atoms with E-state index in [2.05, 4.69) is 5.32 Å². The monoisotopic (exact) mass is 207 g/mol.